The van der Waals surface area contributed by atoms with Crippen molar-refractivity contribution in [3.05, 3.63) is 34.8 Å². The van der Waals surface area contributed by atoms with Gasteiger partial charge in [-0.2, -0.15) is 0 Å². The molecule has 1 saturated heterocycles. The minimum Gasteiger partial charge on any atom is -0.508 e. The zero-order valence-electron chi connectivity index (χ0n) is 14.7. The Kier molecular flexibility index (Phi) is 5.06. The van der Waals surface area contributed by atoms with E-state index in [0.29, 0.717) is 11.0 Å². The lowest BCUT2D eigenvalue weighted by atomic mass is 9.90. The Bertz CT molecular complexity index is 755. The van der Waals surface area contributed by atoms with Crippen LogP contribution < -0.4 is 5.32 Å². The van der Waals surface area contributed by atoms with Crippen molar-refractivity contribution >= 4 is 22.5 Å². The first-order valence-electron chi connectivity index (χ1n) is 9.40. The number of carbonyl (C=O) groups excluding carboxylic acids is 1. The number of nitrogens with zero attached hydrogens (tertiary/aromatic N) is 3. The molecule has 2 amide bonds. The summed E-state index contributed by atoms with van der Waals surface area (Å²) >= 11 is 1.51. The SMILES string of the molecule is O=C(Nc1nnc(C2CCCCC2)s1)N1CCC[C@H]1c1ccc(O)cc1. The predicted molar refractivity (Wildman–Crippen MR) is 102 cm³/mol. The van der Waals surface area contributed by atoms with Gasteiger partial charge in [0.25, 0.3) is 0 Å². The van der Waals surface area contributed by atoms with Crippen LogP contribution in [0.15, 0.2) is 24.3 Å². The molecule has 1 atom stereocenters. The maximum Gasteiger partial charge on any atom is 0.324 e. The van der Waals surface area contributed by atoms with Crippen molar-refractivity contribution in [2.45, 2.75) is 56.9 Å². The van der Waals surface area contributed by atoms with E-state index in [1.165, 1.54) is 43.4 Å². The average molecular weight is 372 g/mol. The van der Waals surface area contributed by atoms with Crippen LogP contribution in [0.3, 0.4) is 0 Å². The van der Waals surface area contributed by atoms with Gasteiger partial charge in [-0.25, -0.2) is 4.79 Å². The topological polar surface area (TPSA) is 78.4 Å². The van der Waals surface area contributed by atoms with Crippen LogP contribution in [0.25, 0.3) is 0 Å². The number of benzene rings is 1. The molecule has 2 heterocycles. The number of aromatic nitrogens is 2. The Morgan fingerprint density at radius 3 is 2.62 bits per heavy atom. The molecule has 1 aliphatic heterocycles. The predicted octanol–water partition coefficient (Wildman–Crippen LogP) is 4.66. The van der Waals surface area contributed by atoms with Crippen molar-refractivity contribution in [2.24, 2.45) is 0 Å². The van der Waals surface area contributed by atoms with Crippen molar-refractivity contribution in [1.82, 2.24) is 15.1 Å². The van der Waals surface area contributed by atoms with Crippen molar-refractivity contribution in [3.63, 3.8) is 0 Å². The van der Waals surface area contributed by atoms with Crippen molar-refractivity contribution in [1.29, 1.82) is 0 Å². The van der Waals surface area contributed by atoms with Crippen LogP contribution in [0.5, 0.6) is 5.75 Å². The molecule has 1 aliphatic carbocycles. The standard InChI is InChI=1S/C19H24N4O2S/c24-15-10-8-13(9-11-15)16-7-4-12-23(16)19(25)20-18-22-21-17(26-18)14-5-2-1-3-6-14/h8-11,14,16,24H,1-7,12H2,(H,20,22,25)/t16-/m0/s1. The number of aromatic hydroxyl groups is 1. The number of rotatable bonds is 3. The van der Waals surface area contributed by atoms with Gasteiger partial charge in [0.15, 0.2) is 0 Å². The lowest BCUT2D eigenvalue weighted by Gasteiger charge is -2.24. The summed E-state index contributed by atoms with van der Waals surface area (Å²) in [5.41, 5.74) is 1.05. The molecule has 138 valence electrons. The smallest absolute Gasteiger partial charge is 0.324 e. The molecule has 1 aromatic heterocycles. The fourth-order valence-corrected chi connectivity index (χ4v) is 4.92. The summed E-state index contributed by atoms with van der Waals surface area (Å²) in [6.45, 7) is 0.728. The highest BCUT2D eigenvalue weighted by Gasteiger charge is 2.30. The summed E-state index contributed by atoms with van der Waals surface area (Å²) in [6.07, 6.45) is 8.09. The molecular weight excluding hydrogens is 348 g/mol. The number of anilines is 1. The van der Waals surface area contributed by atoms with E-state index in [-0.39, 0.29) is 17.8 Å². The lowest BCUT2D eigenvalue weighted by Crippen LogP contribution is -2.34. The molecule has 4 rings (SSSR count). The summed E-state index contributed by atoms with van der Waals surface area (Å²) in [5.74, 6) is 0.746. The van der Waals surface area contributed by atoms with E-state index in [2.05, 4.69) is 15.5 Å². The van der Waals surface area contributed by atoms with Gasteiger partial charge < -0.3 is 10.0 Å². The van der Waals surface area contributed by atoms with Crippen LogP contribution in [-0.2, 0) is 0 Å². The second kappa shape index (κ2) is 7.61. The molecule has 6 nitrogen and oxygen atoms in total. The third-order valence-corrected chi connectivity index (χ3v) is 6.40. The van der Waals surface area contributed by atoms with E-state index in [4.69, 9.17) is 0 Å². The quantitative estimate of drug-likeness (QED) is 0.821. The molecule has 1 saturated carbocycles. The lowest BCUT2D eigenvalue weighted by molar-refractivity contribution is 0.207. The minimum absolute atomic E-state index is 0.0429. The van der Waals surface area contributed by atoms with Gasteiger partial charge in [0.1, 0.15) is 10.8 Å². The Hall–Kier alpha value is -2.15. The summed E-state index contributed by atoms with van der Waals surface area (Å²) < 4.78 is 0. The van der Waals surface area contributed by atoms with Crippen molar-refractivity contribution < 1.29 is 9.90 Å². The largest absolute Gasteiger partial charge is 0.508 e. The number of nitrogens with one attached hydrogen (secondary N) is 1. The van der Waals surface area contributed by atoms with Gasteiger partial charge >= 0.3 is 6.03 Å². The monoisotopic (exact) mass is 372 g/mol. The van der Waals surface area contributed by atoms with Crippen LogP contribution in [0.4, 0.5) is 9.93 Å². The van der Waals surface area contributed by atoms with E-state index in [1.807, 2.05) is 17.0 Å². The van der Waals surface area contributed by atoms with Crippen LogP contribution in [-0.4, -0.2) is 32.8 Å². The van der Waals surface area contributed by atoms with Gasteiger partial charge in [-0.1, -0.05) is 42.7 Å². The van der Waals surface area contributed by atoms with Gasteiger partial charge in [-0.05, 0) is 43.4 Å². The number of amides is 2. The Balaban J connectivity index is 1.42. The highest BCUT2D eigenvalue weighted by atomic mass is 32.1. The zero-order chi connectivity index (χ0) is 17.9. The number of phenols is 1. The van der Waals surface area contributed by atoms with Gasteiger partial charge in [0.05, 0.1) is 6.04 Å². The molecule has 0 unspecified atom stereocenters. The fourth-order valence-electron chi connectivity index (χ4n) is 4.02. The van der Waals surface area contributed by atoms with E-state index in [0.717, 1.165) is 30.0 Å². The van der Waals surface area contributed by atoms with Crippen LogP contribution in [0.2, 0.25) is 0 Å². The first kappa shape index (κ1) is 17.3. The maximum absolute atomic E-state index is 12.8. The highest BCUT2D eigenvalue weighted by Crippen LogP contribution is 2.36. The molecular formula is C19H24N4O2S. The van der Waals surface area contributed by atoms with Gasteiger partial charge in [0.2, 0.25) is 5.13 Å². The summed E-state index contributed by atoms with van der Waals surface area (Å²) in [7, 11) is 0. The van der Waals surface area contributed by atoms with Crippen LogP contribution in [0.1, 0.15) is 67.5 Å². The Labute approximate surface area is 157 Å². The van der Waals surface area contributed by atoms with E-state index in [9.17, 15) is 9.90 Å². The summed E-state index contributed by atoms with van der Waals surface area (Å²) in [5, 5.41) is 22.6. The molecule has 2 fully saturated rings. The summed E-state index contributed by atoms with van der Waals surface area (Å²) in [4.78, 5) is 14.6. The number of carbonyl (C=O) groups is 1. The summed E-state index contributed by atoms with van der Waals surface area (Å²) in [6, 6.07) is 7.04. The second-order valence-corrected chi connectivity index (χ2v) is 8.16. The third-order valence-electron chi connectivity index (χ3n) is 5.40. The Morgan fingerprint density at radius 1 is 1.08 bits per heavy atom. The molecule has 2 N–H and O–H groups in total. The fraction of sp³-hybridized carbons (Fsp3) is 0.526. The van der Waals surface area contributed by atoms with Gasteiger partial charge in [0, 0.05) is 12.5 Å². The molecule has 0 spiro atoms. The first-order valence-corrected chi connectivity index (χ1v) is 10.2. The number of likely N-dealkylation sites (tertiary alicyclic amines) is 1. The van der Waals surface area contributed by atoms with Crippen LogP contribution in [0, 0.1) is 0 Å². The molecule has 26 heavy (non-hydrogen) atoms. The van der Waals surface area contributed by atoms with Crippen molar-refractivity contribution in [3.8, 4) is 5.75 Å². The van der Waals surface area contributed by atoms with Crippen molar-refractivity contribution in [2.75, 3.05) is 11.9 Å². The maximum atomic E-state index is 12.8. The molecule has 0 bridgehead atoms. The molecule has 7 heteroatoms. The van der Waals surface area contributed by atoms with E-state index in [1.54, 1.807) is 12.1 Å². The zero-order valence-corrected chi connectivity index (χ0v) is 15.5. The minimum atomic E-state index is -0.119. The number of hydrogen-bond donors (Lipinski definition) is 2. The highest BCUT2D eigenvalue weighted by molar-refractivity contribution is 7.15. The molecule has 2 aliphatic rings. The average Bonchev–Trinajstić information content (AvgIpc) is 3.33. The number of hydrogen-bond acceptors (Lipinski definition) is 5. The number of phenolic OH excluding ortho intramolecular Hbond substituents is 1. The molecule has 0 radical (unpaired) electrons. The van der Waals surface area contributed by atoms with E-state index < -0.39 is 0 Å². The first-order chi connectivity index (χ1) is 12.7. The van der Waals surface area contributed by atoms with Crippen LogP contribution >= 0.6 is 11.3 Å². The molecule has 2 aromatic rings. The Morgan fingerprint density at radius 2 is 1.85 bits per heavy atom. The molecule has 1 aromatic carbocycles. The van der Waals surface area contributed by atoms with E-state index >= 15 is 0 Å². The van der Waals surface area contributed by atoms with Gasteiger partial charge in [-0.15, -0.1) is 10.2 Å². The van der Waals surface area contributed by atoms with Gasteiger partial charge in [-0.3, -0.25) is 5.32 Å². The number of urea groups is 1. The second-order valence-electron chi connectivity index (χ2n) is 7.15. The normalized spacial score (nSPS) is 21.1. The third kappa shape index (κ3) is 3.67.